The lowest BCUT2D eigenvalue weighted by Gasteiger charge is -2.23. The van der Waals surface area contributed by atoms with Crippen LogP contribution in [-0.2, 0) is 4.74 Å². The van der Waals surface area contributed by atoms with Gasteiger partial charge in [0.25, 0.3) is 0 Å². The third kappa shape index (κ3) is 3.50. The van der Waals surface area contributed by atoms with Gasteiger partial charge in [-0.05, 0) is 25.0 Å². The molecule has 1 aliphatic heterocycles. The van der Waals surface area contributed by atoms with Crippen LogP contribution in [0.25, 0.3) is 22.2 Å². The van der Waals surface area contributed by atoms with Crippen LogP contribution < -0.4 is 4.74 Å². The molecule has 140 valence electrons. The molecule has 1 fully saturated rings. The predicted octanol–water partition coefficient (Wildman–Crippen LogP) is 3.26. The maximum Gasteiger partial charge on any atom is 0.387 e. The van der Waals surface area contributed by atoms with Crippen LogP contribution in [-0.4, -0.2) is 45.9 Å². The summed E-state index contributed by atoms with van der Waals surface area (Å²) in [6.07, 6.45) is 6.58. The topological polar surface area (TPSA) is 79.1 Å². The van der Waals surface area contributed by atoms with Gasteiger partial charge in [-0.2, -0.15) is 13.9 Å². The Balaban J connectivity index is 1.84. The number of carbonyl (C=O) groups is 1. The first-order chi connectivity index (χ1) is 13.2. The minimum Gasteiger partial charge on any atom is -0.433 e. The van der Waals surface area contributed by atoms with Gasteiger partial charge in [0.15, 0.2) is 6.29 Å². The Morgan fingerprint density at radius 1 is 1.22 bits per heavy atom. The average Bonchev–Trinajstić information content (AvgIpc) is 3.07. The molecule has 0 aromatic carbocycles. The molecular formula is C18H16F2N4O3. The van der Waals surface area contributed by atoms with E-state index < -0.39 is 6.61 Å². The van der Waals surface area contributed by atoms with Gasteiger partial charge < -0.3 is 9.47 Å². The third-order valence-corrected chi connectivity index (χ3v) is 4.48. The second-order valence-electron chi connectivity index (χ2n) is 6.17. The normalized spacial score (nSPS) is 15.4. The number of aromatic nitrogens is 4. The van der Waals surface area contributed by atoms with Crippen molar-refractivity contribution in [3.8, 4) is 17.0 Å². The van der Waals surface area contributed by atoms with Crippen molar-refractivity contribution in [3.63, 3.8) is 0 Å². The van der Waals surface area contributed by atoms with Crippen molar-refractivity contribution in [3.05, 3.63) is 36.4 Å². The van der Waals surface area contributed by atoms with E-state index in [2.05, 4.69) is 14.7 Å². The lowest BCUT2D eigenvalue weighted by Crippen LogP contribution is -2.20. The fraction of sp³-hybridized carbons (Fsp3) is 0.333. The fourth-order valence-electron chi connectivity index (χ4n) is 3.25. The van der Waals surface area contributed by atoms with E-state index in [0.717, 1.165) is 18.4 Å². The van der Waals surface area contributed by atoms with Crippen LogP contribution in [0, 0.1) is 0 Å². The molecule has 0 aliphatic carbocycles. The molecule has 0 saturated carbocycles. The number of pyridine rings is 2. The van der Waals surface area contributed by atoms with E-state index in [1.807, 2.05) is 4.68 Å². The first kappa shape index (κ1) is 17.5. The first-order valence-electron chi connectivity index (χ1n) is 8.47. The Labute approximate surface area is 152 Å². The molecule has 9 heteroatoms. The molecule has 0 unspecified atom stereocenters. The summed E-state index contributed by atoms with van der Waals surface area (Å²) in [5.74, 6) is -0.0475. The molecule has 4 rings (SSSR count). The van der Waals surface area contributed by atoms with Gasteiger partial charge >= 0.3 is 6.61 Å². The zero-order valence-electron chi connectivity index (χ0n) is 14.2. The molecule has 3 aromatic rings. The van der Waals surface area contributed by atoms with Crippen LogP contribution in [0.5, 0.6) is 5.75 Å². The molecule has 0 spiro atoms. The van der Waals surface area contributed by atoms with Gasteiger partial charge in [0.2, 0.25) is 0 Å². The summed E-state index contributed by atoms with van der Waals surface area (Å²) < 4.78 is 36.7. The summed E-state index contributed by atoms with van der Waals surface area (Å²) in [5.41, 5.74) is 2.14. The third-order valence-electron chi connectivity index (χ3n) is 4.48. The van der Waals surface area contributed by atoms with Gasteiger partial charge in [-0.1, -0.05) is 0 Å². The van der Waals surface area contributed by atoms with Gasteiger partial charge in [0.05, 0.1) is 17.8 Å². The van der Waals surface area contributed by atoms with Gasteiger partial charge in [0, 0.05) is 36.6 Å². The number of ether oxygens (including phenoxy) is 2. The standard InChI is InChI=1S/C18H16F2N4O3/c19-18(20)27-14-5-11(7-21-8-14)17-15-9-22-12(10-25)6-16(15)24(23-17)13-1-3-26-4-2-13/h5-10,13,18H,1-4H2. The number of hydrogen-bond donors (Lipinski definition) is 0. The highest BCUT2D eigenvalue weighted by Crippen LogP contribution is 2.33. The molecule has 1 aliphatic rings. The lowest BCUT2D eigenvalue weighted by molar-refractivity contribution is -0.0500. The summed E-state index contributed by atoms with van der Waals surface area (Å²) in [7, 11) is 0. The van der Waals surface area contributed by atoms with E-state index in [-0.39, 0.29) is 11.8 Å². The van der Waals surface area contributed by atoms with Crippen molar-refractivity contribution >= 4 is 17.2 Å². The molecule has 1 saturated heterocycles. The van der Waals surface area contributed by atoms with Gasteiger partial charge in [-0.15, -0.1) is 0 Å². The number of hydrogen-bond acceptors (Lipinski definition) is 6. The van der Waals surface area contributed by atoms with Crippen molar-refractivity contribution in [1.82, 2.24) is 19.7 Å². The molecule has 27 heavy (non-hydrogen) atoms. The quantitative estimate of drug-likeness (QED) is 0.638. The second-order valence-corrected chi connectivity index (χ2v) is 6.17. The number of rotatable bonds is 5. The van der Waals surface area contributed by atoms with Crippen LogP contribution >= 0.6 is 0 Å². The van der Waals surface area contributed by atoms with Crippen LogP contribution in [0.3, 0.4) is 0 Å². The maximum atomic E-state index is 12.5. The number of fused-ring (bicyclic) bond motifs is 1. The second kappa shape index (κ2) is 7.36. The van der Waals surface area contributed by atoms with Gasteiger partial charge in [-0.25, -0.2) is 0 Å². The minimum atomic E-state index is -2.93. The Hall–Kier alpha value is -2.94. The molecule has 0 atom stereocenters. The van der Waals surface area contributed by atoms with Gasteiger partial charge in [-0.3, -0.25) is 19.4 Å². The monoisotopic (exact) mass is 374 g/mol. The number of carbonyl (C=O) groups excluding carboxylic acids is 1. The zero-order valence-corrected chi connectivity index (χ0v) is 14.2. The smallest absolute Gasteiger partial charge is 0.387 e. The Morgan fingerprint density at radius 3 is 2.78 bits per heavy atom. The van der Waals surface area contributed by atoms with E-state index in [1.165, 1.54) is 18.5 Å². The van der Waals surface area contributed by atoms with Gasteiger partial charge in [0.1, 0.15) is 17.1 Å². The number of alkyl halides is 2. The lowest BCUT2D eigenvalue weighted by atomic mass is 10.1. The minimum absolute atomic E-state index is 0.0475. The molecule has 0 amide bonds. The van der Waals surface area contributed by atoms with Crippen molar-refractivity contribution in [2.75, 3.05) is 13.2 Å². The summed E-state index contributed by atoms with van der Waals surface area (Å²) in [4.78, 5) is 19.2. The molecule has 0 bridgehead atoms. The predicted molar refractivity (Wildman–Crippen MR) is 91.9 cm³/mol. The van der Waals surface area contributed by atoms with E-state index in [1.54, 1.807) is 12.3 Å². The van der Waals surface area contributed by atoms with Crippen molar-refractivity contribution in [1.29, 1.82) is 0 Å². The Bertz CT molecular complexity index is 970. The Morgan fingerprint density at radius 2 is 2.04 bits per heavy atom. The van der Waals surface area contributed by atoms with Crippen LogP contribution in [0.15, 0.2) is 30.7 Å². The van der Waals surface area contributed by atoms with E-state index in [9.17, 15) is 13.6 Å². The first-order valence-corrected chi connectivity index (χ1v) is 8.47. The van der Waals surface area contributed by atoms with Crippen LogP contribution in [0.2, 0.25) is 0 Å². The van der Waals surface area contributed by atoms with E-state index >= 15 is 0 Å². The van der Waals surface area contributed by atoms with Crippen molar-refractivity contribution in [2.24, 2.45) is 0 Å². The largest absolute Gasteiger partial charge is 0.433 e. The summed E-state index contributed by atoms with van der Waals surface area (Å²) in [6, 6.07) is 3.26. The molecule has 0 N–H and O–H groups in total. The maximum absolute atomic E-state index is 12.5. The molecule has 0 radical (unpaired) electrons. The van der Waals surface area contributed by atoms with Crippen LogP contribution in [0.1, 0.15) is 29.4 Å². The number of halogens is 2. The zero-order chi connectivity index (χ0) is 18.8. The molecule has 3 aromatic heterocycles. The highest BCUT2D eigenvalue weighted by molar-refractivity contribution is 5.94. The van der Waals surface area contributed by atoms with Crippen LogP contribution in [0.4, 0.5) is 8.78 Å². The summed E-state index contributed by atoms with van der Waals surface area (Å²) in [5, 5.41) is 5.41. The average molecular weight is 374 g/mol. The fourth-order valence-corrected chi connectivity index (χ4v) is 3.25. The summed E-state index contributed by atoms with van der Waals surface area (Å²) >= 11 is 0. The Kier molecular flexibility index (Phi) is 4.76. The number of aldehydes is 1. The van der Waals surface area contributed by atoms with Crippen molar-refractivity contribution in [2.45, 2.75) is 25.5 Å². The number of nitrogens with zero attached hydrogens (tertiary/aromatic N) is 4. The summed E-state index contributed by atoms with van der Waals surface area (Å²) in [6.45, 7) is -1.67. The van der Waals surface area contributed by atoms with E-state index in [4.69, 9.17) is 9.84 Å². The molecule has 7 nitrogen and oxygen atoms in total. The molecule has 4 heterocycles. The highest BCUT2D eigenvalue weighted by atomic mass is 19.3. The van der Waals surface area contributed by atoms with E-state index in [0.29, 0.717) is 41.8 Å². The molecular weight excluding hydrogens is 358 g/mol. The van der Waals surface area contributed by atoms with Crippen molar-refractivity contribution < 1.29 is 23.0 Å². The highest BCUT2D eigenvalue weighted by Gasteiger charge is 2.22. The SMILES string of the molecule is O=Cc1cc2c(cn1)c(-c1cncc(OC(F)F)c1)nn2C1CCOCC1.